The van der Waals surface area contributed by atoms with E-state index in [-0.39, 0.29) is 5.82 Å². The van der Waals surface area contributed by atoms with Crippen LogP contribution in [0.15, 0.2) is 18.2 Å². The van der Waals surface area contributed by atoms with Gasteiger partial charge in [-0.1, -0.05) is 11.6 Å². The van der Waals surface area contributed by atoms with Crippen LogP contribution < -0.4 is 5.32 Å². The van der Waals surface area contributed by atoms with Crippen molar-refractivity contribution in [3.05, 3.63) is 34.6 Å². The molecular weight excluding hydrogens is 193 g/mol. The van der Waals surface area contributed by atoms with Crippen LogP contribution >= 0.6 is 11.6 Å². The molecule has 1 aromatic rings. The zero-order valence-corrected chi connectivity index (χ0v) is 8.23. The molecule has 0 fully saturated rings. The van der Waals surface area contributed by atoms with Gasteiger partial charge in [0.2, 0.25) is 0 Å². The summed E-state index contributed by atoms with van der Waals surface area (Å²) in [6.07, 6.45) is -0.460. The van der Waals surface area contributed by atoms with Crippen molar-refractivity contribution in [1.29, 1.82) is 0 Å². The third-order valence-electron chi connectivity index (χ3n) is 1.74. The van der Waals surface area contributed by atoms with E-state index in [1.165, 1.54) is 19.2 Å². The topological polar surface area (TPSA) is 21.3 Å². The SMILES string of the molecule is CNC(OC)c1cc(Cl)ccc1F. The van der Waals surface area contributed by atoms with Gasteiger partial charge in [0, 0.05) is 17.7 Å². The van der Waals surface area contributed by atoms with Gasteiger partial charge in [-0.3, -0.25) is 5.32 Å². The first kappa shape index (κ1) is 10.4. The van der Waals surface area contributed by atoms with Crippen LogP contribution in [0.4, 0.5) is 4.39 Å². The molecule has 1 aromatic carbocycles. The molecule has 2 nitrogen and oxygen atoms in total. The number of halogens is 2. The van der Waals surface area contributed by atoms with E-state index in [1.807, 2.05) is 0 Å². The zero-order chi connectivity index (χ0) is 9.84. The zero-order valence-electron chi connectivity index (χ0n) is 7.47. The molecule has 1 rings (SSSR count). The lowest BCUT2D eigenvalue weighted by Crippen LogP contribution is -2.19. The Bertz CT molecular complexity index is 289. The number of rotatable bonds is 3. The molecule has 72 valence electrons. The van der Waals surface area contributed by atoms with E-state index < -0.39 is 6.23 Å². The van der Waals surface area contributed by atoms with Crippen LogP contribution in [0.25, 0.3) is 0 Å². The van der Waals surface area contributed by atoms with Crippen molar-refractivity contribution in [3.8, 4) is 0 Å². The summed E-state index contributed by atoms with van der Waals surface area (Å²) in [7, 11) is 3.19. The van der Waals surface area contributed by atoms with Crippen molar-refractivity contribution < 1.29 is 9.13 Å². The number of hydrogen-bond donors (Lipinski definition) is 1. The molecule has 0 aromatic heterocycles. The molecule has 0 aliphatic rings. The Balaban J connectivity index is 3.03. The largest absolute Gasteiger partial charge is 0.362 e. The Morgan fingerprint density at radius 2 is 2.23 bits per heavy atom. The molecule has 13 heavy (non-hydrogen) atoms. The molecule has 0 radical (unpaired) electrons. The highest BCUT2D eigenvalue weighted by Gasteiger charge is 2.12. The van der Waals surface area contributed by atoms with Gasteiger partial charge in [0.15, 0.2) is 0 Å². The van der Waals surface area contributed by atoms with Crippen molar-refractivity contribution in [2.75, 3.05) is 14.2 Å². The molecule has 0 heterocycles. The summed E-state index contributed by atoms with van der Waals surface area (Å²) in [6.45, 7) is 0. The second-order valence-electron chi connectivity index (χ2n) is 2.57. The second kappa shape index (κ2) is 4.56. The van der Waals surface area contributed by atoms with Gasteiger partial charge in [0.05, 0.1) is 0 Å². The Morgan fingerprint density at radius 3 is 2.77 bits per heavy atom. The first-order chi connectivity index (χ1) is 6.19. The first-order valence-corrected chi connectivity index (χ1v) is 4.22. The van der Waals surface area contributed by atoms with Crippen molar-refractivity contribution in [2.24, 2.45) is 0 Å². The van der Waals surface area contributed by atoms with Crippen LogP contribution in [-0.4, -0.2) is 14.2 Å². The normalized spacial score (nSPS) is 12.9. The molecule has 1 N–H and O–H groups in total. The average molecular weight is 204 g/mol. The van der Waals surface area contributed by atoms with Gasteiger partial charge < -0.3 is 4.74 Å². The maximum atomic E-state index is 13.2. The highest BCUT2D eigenvalue weighted by molar-refractivity contribution is 6.30. The summed E-state index contributed by atoms with van der Waals surface area (Å²) >= 11 is 5.72. The molecule has 1 unspecified atom stereocenters. The van der Waals surface area contributed by atoms with Crippen molar-refractivity contribution in [2.45, 2.75) is 6.23 Å². The molecule has 0 aliphatic carbocycles. The third kappa shape index (κ3) is 2.40. The highest BCUT2D eigenvalue weighted by Crippen LogP contribution is 2.21. The molecule has 0 spiro atoms. The Morgan fingerprint density at radius 1 is 1.54 bits per heavy atom. The van der Waals surface area contributed by atoms with Gasteiger partial charge in [0.25, 0.3) is 0 Å². The van der Waals surface area contributed by atoms with Crippen LogP contribution in [0, 0.1) is 5.82 Å². The molecule has 0 saturated carbocycles. The van der Waals surface area contributed by atoms with E-state index in [0.29, 0.717) is 10.6 Å². The Kier molecular flexibility index (Phi) is 3.66. The third-order valence-corrected chi connectivity index (χ3v) is 1.97. The van der Waals surface area contributed by atoms with E-state index in [2.05, 4.69) is 5.32 Å². The van der Waals surface area contributed by atoms with E-state index in [4.69, 9.17) is 16.3 Å². The summed E-state index contributed by atoms with van der Waals surface area (Å²) in [5.74, 6) is -0.328. The minimum absolute atomic E-state index is 0.328. The molecule has 0 saturated heterocycles. The minimum Gasteiger partial charge on any atom is -0.362 e. The summed E-state index contributed by atoms with van der Waals surface area (Å²) in [5, 5.41) is 3.31. The lowest BCUT2D eigenvalue weighted by atomic mass is 10.2. The van der Waals surface area contributed by atoms with E-state index in [1.54, 1.807) is 13.1 Å². The quantitative estimate of drug-likeness (QED) is 0.762. The Labute approximate surface area is 81.7 Å². The second-order valence-corrected chi connectivity index (χ2v) is 3.01. The van der Waals surface area contributed by atoms with E-state index in [0.717, 1.165) is 0 Å². The maximum Gasteiger partial charge on any atom is 0.136 e. The van der Waals surface area contributed by atoms with Crippen LogP contribution in [0.1, 0.15) is 11.8 Å². The highest BCUT2D eigenvalue weighted by atomic mass is 35.5. The lowest BCUT2D eigenvalue weighted by molar-refractivity contribution is 0.0778. The average Bonchev–Trinajstić information content (AvgIpc) is 2.13. The minimum atomic E-state index is -0.460. The number of benzene rings is 1. The van der Waals surface area contributed by atoms with Gasteiger partial charge in [0.1, 0.15) is 12.0 Å². The standard InChI is InChI=1S/C9H11ClFNO/c1-12-9(13-2)7-5-6(10)3-4-8(7)11/h3-5,9,12H,1-2H3. The van der Waals surface area contributed by atoms with Crippen molar-refractivity contribution in [1.82, 2.24) is 5.32 Å². The lowest BCUT2D eigenvalue weighted by Gasteiger charge is -2.15. The predicted molar refractivity (Wildman–Crippen MR) is 50.2 cm³/mol. The summed E-state index contributed by atoms with van der Waals surface area (Å²) < 4.78 is 18.2. The molecule has 4 heteroatoms. The summed E-state index contributed by atoms with van der Waals surface area (Å²) in [6, 6.07) is 4.37. The molecular formula is C9H11ClFNO. The molecule has 1 atom stereocenters. The van der Waals surface area contributed by atoms with Crippen LogP contribution in [0.3, 0.4) is 0 Å². The smallest absolute Gasteiger partial charge is 0.136 e. The number of hydrogen-bond acceptors (Lipinski definition) is 2. The van der Waals surface area contributed by atoms with Crippen molar-refractivity contribution in [3.63, 3.8) is 0 Å². The number of methoxy groups -OCH3 is 1. The van der Waals surface area contributed by atoms with E-state index >= 15 is 0 Å². The summed E-state index contributed by atoms with van der Waals surface area (Å²) in [5.41, 5.74) is 0.414. The van der Waals surface area contributed by atoms with E-state index in [9.17, 15) is 4.39 Å². The van der Waals surface area contributed by atoms with Crippen LogP contribution in [0.2, 0.25) is 5.02 Å². The first-order valence-electron chi connectivity index (χ1n) is 3.84. The fourth-order valence-electron chi connectivity index (χ4n) is 1.12. The van der Waals surface area contributed by atoms with Gasteiger partial charge >= 0.3 is 0 Å². The van der Waals surface area contributed by atoms with Gasteiger partial charge in [-0.2, -0.15) is 0 Å². The van der Waals surface area contributed by atoms with Crippen LogP contribution in [-0.2, 0) is 4.74 Å². The Hall–Kier alpha value is -0.640. The maximum absolute atomic E-state index is 13.2. The van der Waals surface area contributed by atoms with Gasteiger partial charge in [-0.05, 0) is 25.2 Å². The number of nitrogens with one attached hydrogen (secondary N) is 1. The molecule has 0 amide bonds. The monoisotopic (exact) mass is 203 g/mol. The molecule has 0 bridgehead atoms. The summed E-state index contributed by atoms with van der Waals surface area (Å²) in [4.78, 5) is 0. The fourth-order valence-corrected chi connectivity index (χ4v) is 1.30. The van der Waals surface area contributed by atoms with Crippen molar-refractivity contribution >= 4 is 11.6 Å². The fraction of sp³-hybridized carbons (Fsp3) is 0.333. The predicted octanol–water partition coefficient (Wildman–Crippen LogP) is 2.34. The number of ether oxygens (including phenoxy) is 1. The molecule has 0 aliphatic heterocycles. The van der Waals surface area contributed by atoms with Gasteiger partial charge in [-0.15, -0.1) is 0 Å². The van der Waals surface area contributed by atoms with Crippen LogP contribution in [0.5, 0.6) is 0 Å². The van der Waals surface area contributed by atoms with Gasteiger partial charge in [-0.25, -0.2) is 4.39 Å².